The molecule has 1 heterocycles. The van der Waals surface area contributed by atoms with Crippen molar-refractivity contribution in [1.29, 1.82) is 0 Å². The summed E-state index contributed by atoms with van der Waals surface area (Å²) in [5.74, 6) is -1.32. The summed E-state index contributed by atoms with van der Waals surface area (Å²) >= 11 is 0. The molecule has 0 aliphatic carbocycles. The maximum absolute atomic E-state index is 12.1. The molecule has 0 spiro atoms. The highest BCUT2D eigenvalue weighted by atomic mass is 16.5. The van der Waals surface area contributed by atoms with Crippen LogP contribution in [0.5, 0.6) is 0 Å². The van der Waals surface area contributed by atoms with Crippen LogP contribution in [0, 0.1) is 0 Å². The molecule has 1 atom stereocenters. The lowest BCUT2D eigenvalue weighted by atomic mass is 10.2. The largest absolute Gasteiger partial charge is 0.449 e. The number of carbonyl (C=O) groups excluding carboxylic acids is 3. The number of fused-ring (bicyclic) bond motifs is 1. The summed E-state index contributed by atoms with van der Waals surface area (Å²) in [5.41, 5.74) is 1.14. The first-order valence-corrected chi connectivity index (χ1v) is 6.32. The van der Waals surface area contributed by atoms with Crippen molar-refractivity contribution in [3.63, 3.8) is 0 Å². The van der Waals surface area contributed by atoms with Crippen molar-refractivity contribution in [1.82, 2.24) is 15.6 Å². The molecule has 2 rings (SSSR count). The second-order valence-corrected chi connectivity index (χ2v) is 4.36. The number of aromatic nitrogens is 1. The van der Waals surface area contributed by atoms with Gasteiger partial charge < -0.3 is 15.0 Å². The molecule has 0 aliphatic rings. The second-order valence-electron chi connectivity index (χ2n) is 4.36. The van der Waals surface area contributed by atoms with Crippen LogP contribution in [-0.4, -0.2) is 36.0 Å². The molecular formula is C14H15N3O4. The average Bonchev–Trinajstić information content (AvgIpc) is 2.90. The van der Waals surface area contributed by atoms with E-state index < -0.39 is 24.0 Å². The zero-order valence-corrected chi connectivity index (χ0v) is 11.6. The monoisotopic (exact) mass is 289 g/mol. The van der Waals surface area contributed by atoms with Crippen LogP contribution in [0.3, 0.4) is 0 Å². The van der Waals surface area contributed by atoms with Gasteiger partial charge in [0.15, 0.2) is 6.10 Å². The van der Waals surface area contributed by atoms with E-state index >= 15 is 0 Å². The van der Waals surface area contributed by atoms with Crippen LogP contribution in [-0.2, 0) is 9.53 Å². The van der Waals surface area contributed by atoms with Gasteiger partial charge in [0.25, 0.3) is 5.91 Å². The predicted octanol–water partition coefficient (Wildman–Crippen LogP) is 1.17. The highest BCUT2D eigenvalue weighted by molar-refractivity contribution is 6.05. The van der Waals surface area contributed by atoms with E-state index in [1.54, 1.807) is 12.1 Å². The van der Waals surface area contributed by atoms with Gasteiger partial charge in [0.1, 0.15) is 0 Å². The standard InChI is InChI=1S/C14H15N3O4/c1-8(12(18)17-14(20)15-2)21-13(19)10-7-16-11-6-4-3-5-9(10)11/h3-8,16H,1-2H3,(H2,15,17,18,20)/t8-/m1/s1. The van der Waals surface area contributed by atoms with E-state index in [0.717, 1.165) is 5.52 Å². The molecule has 110 valence electrons. The molecule has 0 fully saturated rings. The van der Waals surface area contributed by atoms with Gasteiger partial charge in [-0.3, -0.25) is 10.1 Å². The van der Waals surface area contributed by atoms with Crippen LogP contribution in [0.4, 0.5) is 4.79 Å². The van der Waals surface area contributed by atoms with E-state index in [9.17, 15) is 14.4 Å². The van der Waals surface area contributed by atoms with E-state index in [1.165, 1.54) is 20.2 Å². The Bertz CT molecular complexity index is 692. The molecule has 7 heteroatoms. The fraction of sp³-hybridized carbons (Fsp3) is 0.214. The van der Waals surface area contributed by atoms with Gasteiger partial charge in [-0.25, -0.2) is 9.59 Å². The Hall–Kier alpha value is -2.83. The number of carbonyl (C=O) groups is 3. The quantitative estimate of drug-likeness (QED) is 0.738. The number of aromatic amines is 1. The fourth-order valence-corrected chi connectivity index (χ4v) is 1.79. The molecule has 2 aromatic rings. The van der Waals surface area contributed by atoms with Crippen molar-refractivity contribution in [3.05, 3.63) is 36.0 Å². The first-order chi connectivity index (χ1) is 10.0. The number of imide groups is 1. The van der Waals surface area contributed by atoms with Gasteiger partial charge in [-0.2, -0.15) is 0 Å². The summed E-state index contributed by atoms with van der Waals surface area (Å²) in [4.78, 5) is 37.7. The Balaban J connectivity index is 2.07. The lowest BCUT2D eigenvalue weighted by molar-refractivity contribution is -0.127. The summed E-state index contributed by atoms with van der Waals surface area (Å²) < 4.78 is 5.06. The maximum atomic E-state index is 12.1. The molecule has 0 aliphatic heterocycles. The summed E-state index contributed by atoms with van der Waals surface area (Å²) in [6.07, 6.45) is 0.444. The second kappa shape index (κ2) is 6.08. The van der Waals surface area contributed by atoms with Crippen LogP contribution in [0.1, 0.15) is 17.3 Å². The Morgan fingerprint density at radius 2 is 1.95 bits per heavy atom. The molecule has 0 radical (unpaired) electrons. The van der Waals surface area contributed by atoms with Gasteiger partial charge in [0.2, 0.25) is 0 Å². The van der Waals surface area contributed by atoms with Crippen molar-refractivity contribution >= 4 is 28.8 Å². The number of benzene rings is 1. The highest BCUT2D eigenvalue weighted by Crippen LogP contribution is 2.18. The summed E-state index contributed by atoms with van der Waals surface area (Å²) in [5, 5.41) is 4.99. The van der Waals surface area contributed by atoms with E-state index in [1.807, 2.05) is 17.4 Å². The van der Waals surface area contributed by atoms with Crippen LogP contribution in [0.25, 0.3) is 10.9 Å². The SMILES string of the molecule is CNC(=O)NC(=O)[C@@H](C)OC(=O)c1c[nH]c2ccccc12. The number of urea groups is 1. The number of nitrogens with one attached hydrogen (secondary N) is 3. The maximum Gasteiger partial charge on any atom is 0.341 e. The van der Waals surface area contributed by atoms with Gasteiger partial charge >= 0.3 is 12.0 Å². The smallest absolute Gasteiger partial charge is 0.341 e. The molecule has 0 unspecified atom stereocenters. The van der Waals surface area contributed by atoms with Gasteiger partial charge in [-0.15, -0.1) is 0 Å². The third-order valence-corrected chi connectivity index (χ3v) is 2.93. The Morgan fingerprint density at radius 3 is 2.67 bits per heavy atom. The van der Waals surface area contributed by atoms with Crippen molar-refractivity contribution in [2.45, 2.75) is 13.0 Å². The predicted molar refractivity (Wildman–Crippen MR) is 75.8 cm³/mol. The number of ether oxygens (including phenoxy) is 1. The van der Waals surface area contributed by atoms with E-state index in [-0.39, 0.29) is 0 Å². The number of esters is 1. The topological polar surface area (TPSA) is 100 Å². The molecule has 1 aromatic carbocycles. The number of para-hydroxylation sites is 1. The first kappa shape index (κ1) is 14.6. The van der Waals surface area contributed by atoms with Crippen molar-refractivity contribution in [3.8, 4) is 0 Å². The normalized spacial score (nSPS) is 11.7. The van der Waals surface area contributed by atoms with Gasteiger partial charge in [0, 0.05) is 24.1 Å². The van der Waals surface area contributed by atoms with Crippen LogP contribution >= 0.6 is 0 Å². The van der Waals surface area contributed by atoms with Crippen molar-refractivity contribution in [2.24, 2.45) is 0 Å². The minimum absolute atomic E-state index is 0.338. The Kier molecular flexibility index (Phi) is 4.22. The minimum Gasteiger partial charge on any atom is -0.449 e. The number of hydrogen-bond acceptors (Lipinski definition) is 4. The first-order valence-electron chi connectivity index (χ1n) is 6.32. The van der Waals surface area contributed by atoms with E-state index in [0.29, 0.717) is 10.9 Å². The number of amides is 3. The Morgan fingerprint density at radius 1 is 1.24 bits per heavy atom. The Labute approximate surface area is 120 Å². The third kappa shape index (κ3) is 3.19. The molecule has 7 nitrogen and oxygen atoms in total. The lowest BCUT2D eigenvalue weighted by Gasteiger charge is -2.12. The third-order valence-electron chi connectivity index (χ3n) is 2.93. The minimum atomic E-state index is -1.08. The average molecular weight is 289 g/mol. The molecule has 0 saturated heterocycles. The van der Waals surface area contributed by atoms with Crippen LogP contribution < -0.4 is 10.6 Å². The van der Waals surface area contributed by atoms with Crippen molar-refractivity contribution in [2.75, 3.05) is 7.05 Å². The molecule has 1 aromatic heterocycles. The highest BCUT2D eigenvalue weighted by Gasteiger charge is 2.22. The van der Waals surface area contributed by atoms with E-state index in [4.69, 9.17) is 4.74 Å². The molecule has 0 bridgehead atoms. The van der Waals surface area contributed by atoms with Crippen LogP contribution in [0.2, 0.25) is 0 Å². The summed E-state index contributed by atoms with van der Waals surface area (Å²) in [7, 11) is 1.38. The molecule has 3 amide bonds. The lowest BCUT2D eigenvalue weighted by Crippen LogP contribution is -2.43. The number of rotatable bonds is 3. The van der Waals surface area contributed by atoms with Gasteiger partial charge in [-0.05, 0) is 13.0 Å². The van der Waals surface area contributed by atoms with Crippen LogP contribution in [0.15, 0.2) is 30.5 Å². The molecular weight excluding hydrogens is 274 g/mol. The van der Waals surface area contributed by atoms with Gasteiger partial charge in [-0.1, -0.05) is 18.2 Å². The number of H-pyrrole nitrogens is 1. The van der Waals surface area contributed by atoms with Crippen molar-refractivity contribution < 1.29 is 19.1 Å². The molecule has 0 saturated carbocycles. The summed E-state index contributed by atoms with van der Waals surface area (Å²) in [6.45, 7) is 1.39. The fourth-order valence-electron chi connectivity index (χ4n) is 1.79. The van der Waals surface area contributed by atoms with E-state index in [2.05, 4.69) is 10.3 Å². The molecule has 3 N–H and O–H groups in total. The zero-order chi connectivity index (χ0) is 15.4. The zero-order valence-electron chi connectivity index (χ0n) is 11.6. The summed E-state index contributed by atoms with van der Waals surface area (Å²) in [6, 6.07) is 6.59. The molecule has 21 heavy (non-hydrogen) atoms. The van der Waals surface area contributed by atoms with Gasteiger partial charge in [0.05, 0.1) is 5.56 Å². The number of hydrogen-bond donors (Lipinski definition) is 3.